The monoisotopic (exact) mass is 405 g/mol. The second-order valence-corrected chi connectivity index (χ2v) is 6.53. The van der Waals surface area contributed by atoms with E-state index < -0.39 is 47.4 Å². The first kappa shape index (κ1) is 20.5. The smallest absolute Gasteiger partial charge is 0.330 e. The first-order chi connectivity index (χ1) is 13.7. The molecule has 0 unspecified atom stereocenters. The lowest BCUT2D eigenvalue weighted by Gasteiger charge is -2.17. The SMILES string of the molecule is CC(=O)OC[C@H]1O[C@@H](n2cc(-c3ccc([18F])cc3)c(=O)[nH]c2=O)C[C@@H]1OC(C)=O. The molecule has 1 fully saturated rings. The van der Waals surface area contributed by atoms with Crippen LogP contribution in [-0.2, 0) is 23.8 Å². The Labute approximate surface area is 164 Å². The summed E-state index contributed by atoms with van der Waals surface area (Å²) in [5.41, 5.74) is -0.808. The van der Waals surface area contributed by atoms with E-state index in [1.807, 2.05) is 0 Å². The number of ether oxygens (including phenoxy) is 3. The molecule has 1 aliphatic rings. The van der Waals surface area contributed by atoms with Gasteiger partial charge in [0.25, 0.3) is 5.56 Å². The van der Waals surface area contributed by atoms with Crippen molar-refractivity contribution in [3.8, 4) is 11.1 Å². The number of halogens is 1. The Morgan fingerprint density at radius 3 is 2.52 bits per heavy atom. The highest BCUT2D eigenvalue weighted by Crippen LogP contribution is 2.31. The van der Waals surface area contributed by atoms with E-state index in [4.69, 9.17) is 14.2 Å². The number of aromatic amines is 1. The highest BCUT2D eigenvalue weighted by Gasteiger charge is 2.39. The molecule has 0 radical (unpaired) electrons. The second kappa shape index (κ2) is 8.39. The number of nitrogens with one attached hydrogen (secondary N) is 1. The number of H-pyrrole nitrogens is 1. The van der Waals surface area contributed by atoms with Crippen molar-refractivity contribution in [2.75, 3.05) is 6.61 Å². The highest BCUT2D eigenvalue weighted by atomic mass is 18.2. The molecule has 1 aromatic carbocycles. The molecule has 3 atom stereocenters. The van der Waals surface area contributed by atoms with Gasteiger partial charge < -0.3 is 14.2 Å². The minimum absolute atomic E-state index is 0.111. The molecule has 154 valence electrons. The van der Waals surface area contributed by atoms with Crippen molar-refractivity contribution in [1.29, 1.82) is 0 Å². The van der Waals surface area contributed by atoms with Gasteiger partial charge in [-0.25, -0.2) is 9.18 Å². The van der Waals surface area contributed by atoms with Gasteiger partial charge in [-0.05, 0) is 17.7 Å². The lowest BCUT2D eigenvalue weighted by molar-refractivity contribution is -0.155. The second-order valence-electron chi connectivity index (χ2n) is 6.53. The molecular formula is C19H19FN2O7. The fourth-order valence-corrected chi connectivity index (χ4v) is 3.09. The molecule has 0 amide bonds. The molecule has 29 heavy (non-hydrogen) atoms. The van der Waals surface area contributed by atoms with Crippen molar-refractivity contribution >= 4 is 11.9 Å². The summed E-state index contributed by atoms with van der Waals surface area (Å²) in [4.78, 5) is 49.2. The summed E-state index contributed by atoms with van der Waals surface area (Å²) in [5, 5.41) is 0. The number of esters is 2. The van der Waals surface area contributed by atoms with E-state index >= 15 is 0 Å². The van der Waals surface area contributed by atoms with E-state index in [0.29, 0.717) is 5.56 Å². The average molecular weight is 405 g/mol. The van der Waals surface area contributed by atoms with Gasteiger partial charge in [0.1, 0.15) is 30.9 Å². The molecule has 9 nitrogen and oxygen atoms in total. The van der Waals surface area contributed by atoms with Crippen LogP contribution in [0.2, 0.25) is 0 Å². The van der Waals surface area contributed by atoms with E-state index in [1.165, 1.54) is 44.3 Å². The van der Waals surface area contributed by atoms with Crippen molar-refractivity contribution in [2.24, 2.45) is 0 Å². The molecule has 0 saturated carbocycles. The Balaban J connectivity index is 1.92. The predicted octanol–water partition coefficient (Wildman–Crippen LogP) is 1.12. The van der Waals surface area contributed by atoms with Crippen molar-refractivity contribution in [2.45, 2.75) is 38.7 Å². The molecule has 3 rings (SSSR count). The zero-order valence-corrected chi connectivity index (χ0v) is 15.7. The maximum Gasteiger partial charge on any atom is 0.330 e. The summed E-state index contributed by atoms with van der Waals surface area (Å²) in [5.74, 6) is -1.54. The summed E-state index contributed by atoms with van der Waals surface area (Å²) in [6.45, 7) is 2.30. The Bertz CT molecular complexity index is 1030. The molecule has 0 spiro atoms. The predicted molar refractivity (Wildman–Crippen MR) is 97.4 cm³/mol. The van der Waals surface area contributed by atoms with Crippen molar-refractivity contribution in [1.82, 2.24) is 9.55 Å². The van der Waals surface area contributed by atoms with Gasteiger partial charge in [-0.3, -0.25) is 23.9 Å². The van der Waals surface area contributed by atoms with E-state index in [9.17, 15) is 23.6 Å². The molecule has 2 aromatic rings. The van der Waals surface area contributed by atoms with Crippen LogP contribution < -0.4 is 11.2 Å². The molecule has 2 heterocycles. The molecule has 1 N–H and O–H groups in total. The number of hydrogen-bond acceptors (Lipinski definition) is 7. The van der Waals surface area contributed by atoms with Crippen LogP contribution in [0.1, 0.15) is 26.5 Å². The minimum Gasteiger partial charge on any atom is -0.463 e. The van der Waals surface area contributed by atoms with Gasteiger partial charge in [-0.1, -0.05) is 12.1 Å². The lowest BCUT2D eigenvalue weighted by atomic mass is 10.1. The van der Waals surface area contributed by atoms with Gasteiger partial charge >= 0.3 is 17.6 Å². The number of hydrogen-bond donors (Lipinski definition) is 1. The van der Waals surface area contributed by atoms with Gasteiger partial charge in [0.15, 0.2) is 0 Å². The van der Waals surface area contributed by atoms with E-state index in [0.717, 1.165) is 4.57 Å². The van der Waals surface area contributed by atoms with Crippen molar-refractivity contribution in [3.63, 3.8) is 0 Å². The summed E-state index contributed by atoms with van der Waals surface area (Å²) < 4.78 is 30.3. The summed E-state index contributed by atoms with van der Waals surface area (Å²) in [6, 6.07) is 5.22. The van der Waals surface area contributed by atoms with Crippen LogP contribution in [0.25, 0.3) is 11.1 Å². The number of aromatic nitrogens is 2. The molecule has 1 saturated heterocycles. The standard InChI is InChI=1S/C19H19FN2O7/c1-10(23)27-9-16-15(28-11(2)24)7-17(29-16)22-8-14(18(25)21-19(22)26)12-3-5-13(20)6-4-12/h3-6,8,15-17H,7,9H2,1-2H3,(H,21,25,26)/t15-,16+,17+/m0/s1/i20-1. The fourth-order valence-electron chi connectivity index (χ4n) is 3.09. The summed E-state index contributed by atoms with van der Waals surface area (Å²) in [7, 11) is 0. The first-order valence-corrected chi connectivity index (χ1v) is 8.82. The van der Waals surface area contributed by atoms with Crippen LogP contribution in [0.4, 0.5) is 4.39 Å². The maximum absolute atomic E-state index is 13.2. The number of carbonyl (C=O) groups is 2. The normalized spacial score (nSPS) is 21.0. The Hall–Kier alpha value is -3.27. The summed E-state index contributed by atoms with van der Waals surface area (Å²) in [6.07, 6.45) is -0.979. The van der Waals surface area contributed by atoms with Gasteiger partial charge in [0.2, 0.25) is 0 Å². The molecule has 0 aliphatic carbocycles. The molecule has 0 bridgehead atoms. The topological polar surface area (TPSA) is 117 Å². The van der Waals surface area contributed by atoms with Crippen LogP contribution in [0.15, 0.2) is 40.1 Å². The lowest BCUT2D eigenvalue weighted by Crippen LogP contribution is -2.33. The van der Waals surface area contributed by atoms with Gasteiger partial charge in [-0.15, -0.1) is 0 Å². The van der Waals surface area contributed by atoms with Crippen LogP contribution >= 0.6 is 0 Å². The van der Waals surface area contributed by atoms with Crippen LogP contribution in [-0.4, -0.2) is 40.3 Å². The molecule has 1 aliphatic heterocycles. The van der Waals surface area contributed by atoms with Crippen LogP contribution in [0.5, 0.6) is 0 Å². The number of carbonyl (C=O) groups excluding carboxylic acids is 2. The van der Waals surface area contributed by atoms with E-state index in [2.05, 4.69) is 4.98 Å². The van der Waals surface area contributed by atoms with Crippen molar-refractivity contribution in [3.05, 3.63) is 57.1 Å². The number of benzene rings is 1. The zero-order valence-electron chi connectivity index (χ0n) is 15.7. The Morgan fingerprint density at radius 1 is 1.21 bits per heavy atom. The third-order valence-corrected chi connectivity index (χ3v) is 4.38. The molecule has 10 heteroatoms. The third kappa shape index (κ3) is 4.77. The largest absolute Gasteiger partial charge is 0.463 e. The maximum atomic E-state index is 13.2. The van der Waals surface area contributed by atoms with Gasteiger partial charge in [0, 0.05) is 26.5 Å². The van der Waals surface area contributed by atoms with Gasteiger partial charge in [-0.2, -0.15) is 0 Å². The van der Waals surface area contributed by atoms with Crippen molar-refractivity contribution < 1.29 is 28.2 Å². The first-order valence-electron chi connectivity index (χ1n) is 8.82. The number of nitrogens with zero attached hydrogens (tertiary/aromatic N) is 1. The molecular weight excluding hydrogens is 386 g/mol. The number of rotatable bonds is 5. The fraction of sp³-hybridized carbons (Fsp3) is 0.368. The van der Waals surface area contributed by atoms with Crippen LogP contribution in [0.3, 0.4) is 0 Å². The Morgan fingerprint density at radius 2 is 1.90 bits per heavy atom. The van der Waals surface area contributed by atoms with Gasteiger partial charge in [0.05, 0.1) is 5.56 Å². The third-order valence-electron chi connectivity index (χ3n) is 4.38. The quantitative estimate of drug-likeness (QED) is 0.741. The highest BCUT2D eigenvalue weighted by molar-refractivity contribution is 5.66. The Kier molecular flexibility index (Phi) is 5.92. The zero-order chi connectivity index (χ0) is 21.1. The van der Waals surface area contributed by atoms with E-state index in [1.54, 1.807) is 0 Å². The minimum atomic E-state index is -0.872. The summed E-state index contributed by atoms with van der Waals surface area (Å²) >= 11 is 0. The van der Waals surface area contributed by atoms with Crippen LogP contribution in [0, 0.1) is 5.82 Å². The average Bonchev–Trinajstić information content (AvgIpc) is 3.03. The van der Waals surface area contributed by atoms with E-state index in [-0.39, 0.29) is 18.6 Å². The molecule has 1 aromatic heterocycles.